The molecule has 1 aromatic carbocycles. The van der Waals surface area contributed by atoms with Crippen LogP contribution < -0.4 is 0 Å². The van der Waals surface area contributed by atoms with Gasteiger partial charge in [0.15, 0.2) is 11.6 Å². The molecule has 0 bridgehead atoms. The summed E-state index contributed by atoms with van der Waals surface area (Å²) < 4.78 is 13.0. The quantitative estimate of drug-likeness (QED) is 0.841. The predicted molar refractivity (Wildman–Crippen MR) is 47.1 cm³/mol. The summed E-state index contributed by atoms with van der Waals surface area (Å²) in [5.74, 6) is -2.35. The largest absolute Gasteiger partial charge is 0.505 e. The number of hydrogen-bond acceptors (Lipinski definition) is 2. The van der Waals surface area contributed by atoms with Crippen LogP contribution in [0.1, 0.15) is 5.56 Å². The number of halogens is 2. The van der Waals surface area contributed by atoms with E-state index in [1.54, 1.807) is 0 Å². The first-order valence-electron chi connectivity index (χ1n) is 3.39. The maximum absolute atomic E-state index is 12.7. The summed E-state index contributed by atoms with van der Waals surface area (Å²) in [6.07, 6.45) is -0.256. The number of phenolic OH excluding ortho intramolecular Hbond substituents is 1. The summed E-state index contributed by atoms with van der Waals surface area (Å²) in [5, 5.41) is 17.4. The van der Waals surface area contributed by atoms with Crippen molar-refractivity contribution in [3.05, 3.63) is 28.0 Å². The van der Waals surface area contributed by atoms with Gasteiger partial charge < -0.3 is 10.2 Å². The third-order valence-corrected chi connectivity index (χ3v) is 2.20. The highest BCUT2D eigenvalue weighted by atomic mass is 79.9. The van der Waals surface area contributed by atoms with Crippen molar-refractivity contribution >= 4 is 21.9 Å². The molecular formula is C8H6BrFO3. The van der Waals surface area contributed by atoms with Gasteiger partial charge in [0.1, 0.15) is 0 Å². The highest BCUT2D eigenvalue weighted by molar-refractivity contribution is 9.10. The fraction of sp³-hybridized carbons (Fsp3) is 0.125. The third-order valence-electron chi connectivity index (χ3n) is 1.46. The van der Waals surface area contributed by atoms with Crippen LogP contribution in [-0.2, 0) is 11.2 Å². The molecular weight excluding hydrogens is 243 g/mol. The van der Waals surface area contributed by atoms with Gasteiger partial charge in [0.25, 0.3) is 0 Å². The standard InChI is InChI=1S/C8H6BrFO3/c9-5-3-6(10)7(11)1-4(5)2-8(12)13/h1,3,11H,2H2,(H,12,13). The zero-order valence-corrected chi connectivity index (χ0v) is 8.01. The van der Waals surface area contributed by atoms with Crippen molar-refractivity contribution in [1.82, 2.24) is 0 Å². The lowest BCUT2D eigenvalue weighted by Crippen LogP contribution is -2.01. The normalized spacial score (nSPS) is 10.0. The molecule has 0 aliphatic carbocycles. The molecule has 0 heterocycles. The maximum Gasteiger partial charge on any atom is 0.307 e. The van der Waals surface area contributed by atoms with Gasteiger partial charge in [0.2, 0.25) is 0 Å². The van der Waals surface area contributed by atoms with Crippen molar-refractivity contribution in [2.24, 2.45) is 0 Å². The highest BCUT2D eigenvalue weighted by Gasteiger charge is 2.09. The number of aromatic hydroxyl groups is 1. The zero-order chi connectivity index (χ0) is 10.0. The van der Waals surface area contributed by atoms with Gasteiger partial charge in [-0.15, -0.1) is 0 Å². The summed E-state index contributed by atoms with van der Waals surface area (Å²) in [4.78, 5) is 10.3. The van der Waals surface area contributed by atoms with Crippen LogP contribution in [0.25, 0.3) is 0 Å². The molecule has 0 aromatic heterocycles. The van der Waals surface area contributed by atoms with Crippen LogP contribution in [0.3, 0.4) is 0 Å². The van der Waals surface area contributed by atoms with E-state index >= 15 is 0 Å². The minimum Gasteiger partial charge on any atom is -0.505 e. The second-order valence-corrected chi connectivity index (χ2v) is 3.32. The Labute approximate surface area is 81.9 Å². The minimum absolute atomic E-state index is 0.256. The first-order chi connectivity index (χ1) is 6.00. The van der Waals surface area contributed by atoms with E-state index < -0.39 is 17.5 Å². The number of hydrogen-bond donors (Lipinski definition) is 2. The second-order valence-electron chi connectivity index (χ2n) is 2.47. The molecule has 0 unspecified atom stereocenters. The number of carboxylic acid groups (broad SMARTS) is 1. The van der Waals surface area contributed by atoms with Crippen molar-refractivity contribution in [3.8, 4) is 5.75 Å². The summed E-state index contributed by atoms with van der Waals surface area (Å²) in [6.45, 7) is 0. The molecule has 1 aromatic rings. The van der Waals surface area contributed by atoms with Gasteiger partial charge in [-0.2, -0.15) is 0 Å². The van der Waals surface area contributed by atoms with E-state index in [0.717, 1.165) is 12.1 Å². The lowest BCUT2D eigenvalue weighted by atomic mass is 10.1. The molecule has 13 heavy (non-hydrogen) atoms. The van der Waals surface area contributed by atoms with E-state index in [2.05, 4.69) is 15.9 Å². The lowest BCUT2D eigenvalue weighted by Gasteiger charge is -2.02. The van der Waals surface area contributed by atoms with Gasteiger partial charge in [-0.05, 0) is 17.7 Å². The van der Waals surface area contributed by atoms with Crippen molar-refractivity contribution in [2.75, 3.05) is 0 Å². The Balaban J connectivity index is 3.08. The average Bonchev–Trinajstić information content (AvgIpc) is 1.99. The Kier molecular flexibility index (Phi) is 2.87. The average molecular weight is 249 g/mol. The molecule has 0 saturated carbocycles. The molecule has 5 heteroatoms. The lowest BCUT2D eigenvalue weighted by molar-refractivity contribution is -0.136. The first kappa shape index (κ1) is 9.98. The Hall–Kier alpha value is -1.10. The molecule has 70 valence electrons. The molecule has 0 aliphatic rings. The van der Waals surface area contributed by atoms with Gasteiger partial charge in [0, 0.05) is 4.47 Å². The van der Waals surface area contributed by atoms with Gasteiger partial charge >= 0.3 is 5.97 Å². The topological polar surface area (TPSA) is 57.5 Å². The smallest absolute Gasteiger partial charge is 0.307 e. The monoisotopic (exact) mass is 248 g/mol. The molecule has 0 aliphatic heterocycles. The molecule has 0 saturated heterocycles. The molecule has 1 rings (SSSR count). The highest BCUT2D eigenvalue weighted by Crippen LogP contribution is 2.25. The molecule has 0 radical (unpaired) electrons. The molecule has 0 fully saturated rings. The van der Waals surface area contributed by atoms with E-state index in [9.17, 15) is 9.18 Å². The van der Waals surface area contributed by atoms with Crippen molar-refractivity contribution in [3.63, 3.8) is 0 Å². The first-order valence-corrected chi connectivity index (χ1v) is 4.18. The van der Waals surface area contributed by atoms with Crippen LogP contribution >= 0.6 is 15.9 Å². The zero-order valence-electron chi connectivity index (χ0n) is 6.42. The number of carbonyl (C=O) groups is 1. The van der Waals surface area contributed by atoms with E-state index in [-0.39, 0.29) is 6.42 Å². The summed E-state index contributed by atoms with van der Waals surface area (Å²) >= 11 is 3.00. The Morgan fingerprint density at radius 2 is 2.15 bits per heavy atom. The molecule has 2 N–H and O–H groups in total. The summed E-state index contributed by atoms with van der Waals surface area (Å²) in [7, 11) is 0. The van der Waals surface area contributed by atoms with E-state index in [1.807, 2.05) is 0 Å². The second kappa shape index (κ2) is 3.74. The summed E-state index contributed by atoms with van der Waals surface area (Å²) in [6, 6.07) is 2.13. The van der Waals surface area contributed by atoms with Crippen LogP contribution in [0.2, 0.25) is 0 Å². The van der Waals surface area contributed by atoms with Crippen LogP contribution in [0.15, 0.2) is 16.6 Å². The fourth-order valence-electron chi connectivity index (χ4n) is 0.879. The Morgan fingerprint density at radius 3 is 2.69 bits per heavy atom. The van der Waals surface area contributed by atoms with Gasteiger partial charge in [-0.3, -0.25) is 4.79 Å². The van der Waals surface area contributed by atoms with Crippen molar-refractivity contribution in [2.45, 2.75) is 6.42 Å². The predicted octanol–water partition coefficient (Wildman–Crippen LogP) is 1.92. The van der Waals surface area contributed by atoms with Crippen molar-refractivity contribution < 1.29 is 19.4 Å². The number of benzene rings is 1. The SMILES string of the molecule is O=C(O)Cc1cc(O)c(F)cc1Br. The van der Waals surface area contributed by atoms with Crippen LogP contribution in [0.5, 0.6) is 5.75 Å². The molecule has 0 spiro atoms. The van der Waals surface area contributed by atoms with Gasteiger partial charge in [-0.1, -0.05) is 15.9 Å². The van der Waals surface area contributed by atoms with Crippen LogP contribution in [0.4, 0.5) is 4.39 Å². The number of rotatable bonds is 2. The molecule has 3 nitrogen and oxygen atoms in total. The van der Waals surface area contributed by atoms with Crippen molar-refractivity contribution in [1.29, 1.82) is 0 Å². The Morgan fingerprint density at radius 1 is 1.54 bits per heavy atom. The Bertz CT molecular complexity index is 351. The van der Waals surface area contributed by atoms with Crippen LogP contribution in [0, 0.1) is 5.82 Å². The fourth-order valence-corrected chi connectivity index (χ4v) is 1.33. The van der Waals surface area contributed by atoms with Gasteiger partial charge in [0.05, 0.1) is 6.42 Å². The molecule has 0 amide bonds. The number of phenols is 1. The maximum atomic E-state index is 12.7. The third kappa shape index (κ3) is 2.42. The molecule has 0 atom stereocenters. The van der Waals surface area contributed by atoms with E-state index in [4.69, 9.17) is 10.2 Å². The van der Waals surface area contributed by atoms with E-state index in [1.165, 1.54) is 0 Å². The number of carboxylic acids is 1. The number of aliphatic carboxylic acids is 1. The minimum atomic E-state index is -1.04. The summed E-state index contributed by atoms with van der Waals surface area (Å²) in [5.41, 5.74) is 0.339. The van der Waals surface area contributed by atoms with Crippen LogP contribution in [-0.4, -0.2) is 16.2 Å². The van der Waals surface area contributed by atoms with Gasteiger partial charge in [-0.25, -0.2) is 4.39 Å². The van der Waals surface area contributed by atoms with E-state index in [0.29, 0.717) is 10.0 Å².